The van der Waals surface area contributed by atoms with Gasteiger partial charge in [-0.25, -0.2) is 9.59 Å². The molecule has 3 aromatic rings. The lowest BCUT2D eigenvalue weighted by Gasteiger charge is -2.16. The normalized spacial score (nSPS) is 11.6. The highest BCUT2D eigenvalue weighted by Crippen LogP contribution is 2.19. The number of hydrogen-bond donors (Lipinski definition) is 4. The Morgan fingerprint density at radius 2 is 1.75 bits per heavy atom. The van der Waals surface area contributed by atoms with Crippen LogP contribution in [0.4, 0.5) is 28.5 Å². The molecule has 1 atom stereocenters. The highest BCUT2D eigenvalue weighted by molar-refractivity contribution is 5.77. The molecule has 1 amide bonds. The van der Waals surface area contributed by atoms with Gasteiger partial charge in [-0.1, -0.05) is 31.1 Å². The van der Waals surface area contributed by atoms with E-state index in [0.29, 0.717) is 35.4 Å². The fraction of sp³-hybridized carbons (Fsp3) is 0.391. The predicted octanol–water partition coefficient (Wildman–Crippen LogP) is 3.15. The number of hydrogen-bond acceptors (Lipinski definition) is 11. The van der Waals surface area contributed by atoms with E-state index in [9.17, 15) is 14.7 Å². The Labute approximate surface area is 208 Å². The number of carboxylic acids is 1. The number of amides is 1. The van der Waals surface area contributed by atoms with E-state index in [-0.39, 0.29) is 24.3 Å². The third-order valence-electron chi connectivity index (χ3n) is 4.70. The molecule has 1 aromatic carbocycles. The van der Waals surface area contributed by atoms with Gasteiger partial charge in [0.05, 0.1) is 5.69 Å². The third kappa shape index (κ3) is 7.82. The second-order valence-electron chi connectivity index (χ2n) is 8.68. The Morgan fingerprint density at radius 1 is 1.08 bits per heavy atom. The number of aliphatic carboxylic acids is 1. The molecule has 0 saturated carbocycles. The van der Waals surface area contributed by atoms with E-state index in [4.69, 9.17) is 9.26 Å². The zero-order valence-corrected chi connectivity index (χ0v) is 20.8. The van der Waals surface area contributed by atoms with E-state index >= 15 is 0 Å². The van der Waals surface area contributed by atoms with Crippen LogP contribution in [0.3, 0.4) is 0 Å². The van der Waals surface area contributed by atoms with Crippen molar-refractivity contribution in [3.05, 3.63) is 41.6 Å². The van der Waals surface area contributed by atoms with E-state index in [0.717, 1.165) is 0 Å². The van der Waals surface area contributed by atoms with E-state index in [1.165, 1.54) is 4.90 Å². The van der Waals surface area contributed by atoms with Crippen LogP contribution < -0.4 is 20.7 Å². The minimum atomic E-state index is -1.09. The number of carboxylic acid groups (broad SMARTS) is 1. The van der Waals surface area contributed by atoms with Gasteiger partial charge in [-0.15, -0.1) is 0 Å². The first-order valence-corrected chi connectivity index (χ1v) is 11.3. The third-order valence-corrected chi connectivity index (χ3v) is 4.70. The lowest BCUT2D eigenvalue weighted by Crippen LogP contribution is -2.32. The fourth-order valence-electron chi connectivity index (χ4n) is 2.88. The summed E-state index contributed by atoms with van der Waals surface area (Å²) in [4.78, 5) is 38.0. The molecule has 2 aromatic heterocycles. The van der Waals surface area contributed by atoms with Gasteiger partial charge in [-0.3, -0.25) is 5.32 Å². The first-order valence-electron chi connectivity index (χ1n) is 11.3. The number of aromatic nitrogens is 4. The van der Waals surface area contributed by atoms with Gasteiger partial charge in [0.15, 0.2) is 0 Å². The van der Waals surface area contributed by atoms with E-state index in [1.807, 2.05) is 13.8 Å². The van der Waals surface area contributed by atoms with E-state index in [1.54, 1.807) is 51.4 Å². The Hall–Kier alpha value is -4.42. The van der Waals surface area contributed by atoms with Crippen molar-refractivity contribution in [1.82, 2.24) is 25.0 Å². The summed E-state index contributed by atoms with van der Waals surface area (Å²) in [5.41, 5.74) is 1.39. The smallest absolute Gasteiger partial charge is 0.414 e. The zero-order chi connectivity index (χ0) is 26.2. The van der Waals surface area contributed by atoms with Crippen molar-refractivity contribution in [3.8, 4) is 5.75 Å². The van der Waals surface area contributed by atoms with Crippen LogP contribution in [0.5, 0.6) is 5.75 Å². The highest BCUT2D eigenvalue weighted by atomic mass is 16.6. The van der Waals surface area contributed by atoms with Crippen LogP contribution in [0.15, 0.2) is 34.9 Å². The minimum Gasteiger partial charge on any atom is -0.480 e. The summed E-state index contributed by atoms with van der Waals surface area (Å²) in [5, 5.41) is 22.5. The molecule has 0 bridgehead atoms. The molecular formula is C23H30N8O5. The summed E-state index contributed by atoms with van der Waals surface area (Å²) in [5.74, 6) is 0.438. The molecule has 0 radical (unpaired) electrons. The molecular weight excluding hydrogens is 468 g/mol. The average Bonchev–Trinajstić information content (AvgIpc) is 3.22. The summed E-state index contributed by atoms with van der Waals surface area (Å²) in [6, 6.07) is 7.23. The number of carbonyl (C=O) groups excluding carboxylic acids is 1. The van der Waals surface area contributed by atoms with Gasteiger partial charge in [0.25, 0.3) is 0 Å². The van der Waals surface area contributed by atoms with Gasteiger partial charge >= 0.3 is 12.1 Å². The van der Waals surface area contributed by atoms with Crippen molar-refractivity contribution < 1.29 is 24.0 Å². The summed E-state index contributed by atoms with van der Waals surface area (Å²) in [7, 11) is 3.16. The molecule has 2 heterocycles. The number of benzene rings is 1. The van der Waals surface area contributed by atoms with E-state index in [2.05, 4.69) is 36.1 Å². The van der Waals surface area contributed by atoms with Crippen molar-refractivity contribution >= 4 is 35.8 Å². The van der Waals surface area contributed by atoms with Crippen LogP contribution in [0.2, 0.25) is 0 Å². The maximum Gasteiger partial charge on any atom is 0.414 e. The Morgan fingerprint density at radius 3 is 2.33 bits per heavy atom. The molecule has 0 aliphatic heterocycles. The lowest BCUT2D eigenvalue weighted by atomic mass is 10.1. The number of nitrogens with one attached hydrogen (secondary N) is 3. The van der Waals surface area contributed by atoms with Crippen LogP contribution in [0.1, 0.15) is 25.1 Å². The molecule has 13 nitrogen and oxygen atoms in total. The van der Waals surface area contributed by atoms with Crippen LogP contribution >= 0.6 is 0 Å². The first-order chi connectivity index (χ1) is 17.1. The molecule has 36 heavy (non-hydrogen) atoms. The maximum atomic E-state index is 12.0. The van der Waals surface area contributed by atoms with Crippen molar-refractivity contribution in [2.45, 2.75) is 33.2 Å². The molecule has 192 valence electrons. The van der Waals surface area contributed by atoms with Crippen LogP contribution in [-0.2, 0) is 11.2 Å². The molecule has 0 unspecified atom stereocenters. The largest absolute Gasteiger partial charge is 0.480 e. The standard InChI is InChI=1S/C23H30N8O5/c1-13(2)12-24-20-27-21(29-22(28-20)26-18-10-14(3)30-36-18)25-17(19(32)33)11-15-6-8-16(9-7-15)35-23(34)31(4)5/h6-10,13,17H,11-12H2,1-5H3,(H,32,33)(H3,24,25,26,27,28,29)/t17-/m0/s1. The lowest BCUT2D eigenvalue weighted by molar-refractivity contribution is -0.137. The Balaban J connectivity index is 1.77. The van der Waals surface area contributed by atoms with Crippen LogP contribution in [0, 0.1) is 12.8 Å². The molecule has 4 N–H and O–H groups in total. The summed E-state index contributed by atoms with van der Waals surface area (Å²) >= 11 is 0. The van der Waals surface area contributed by atoms with Crippen LogP contribution in [0.25, 0.3) is 0 Å². The quantitative estimate of drug-likeness (QED) is 0.305. The number of anilines is 4. The summed E-state index contributed by atoms with van der Waals surface area (Å²) < 4.78 is 10.4. The molecule has 0 spiro atoms. The second kappa shape index (κ2) is 11.8. The van der Waals surface area contributed by atoms with Crippen molar-refractivity contribution in [2.75, 3.05) is 36.6 Å². The van der Waals surface area contributed by atoms with Gasteiger partial charge in [0, 0.05) is 33.1 Å². The van der Waals surface area contributed by atoms with Gasteiger partial charge in [0.2, 0.25) is 23.7 Å². The maximum absolute atomic E-state index is 12.0. The topological polar surface area (TPSA) is 168 Å². The molecule has 0 saturated heterocycles. The van der Waals surface area contributed by atoms with Gasteiger partial charge in [-0.05, 0) is 30.5 Å². The fourth-order valence-corrected chi connectivity index (χ4v) is 2.88. The highest BCUT2D eigenvalue weighted by Gasteiger charge is 2.21. The van der Waals surface area contributed by atoms with Crippen molar-refractivity contribution in [3.63, 3.8) is 0 Å². The number of aryl methyl sites for hydroxylation is 1. The molecule has 0 fully saturated rings. The Kier molecular flexibility index (Phi) is 8.60. The number of carbonyl (C=O) groups is 2. The average molecular weight is 499 g/mol. The first kappa shape index (κ1) is 26.2. The second-order valence-corrected chi connectivity index (χ2v) is 8.68. The van der Waals surface area contributed by atoms with E-state index < -0.39 is 18.1 Å². The van der Waals surface area contributed by atoms with Gasteiger partial charge in [0.1, 0.15) is 11.8 Å². The monoisotopic (exact) mass is 498 g/mol. The molecule has 0 aliphatic rings. The van der Waals surface area contributed by atoms with Crippen molar-refractivity contribution in [2.24, 2.45) is 5.92 Å². The molecule has 13 heteroatoms. The number of nitrogens with zero attached hydrogens (tertiary/aromatic N) is 5. The van der Waals surface area contributed by atoms with Crippen LogP contribution in [-0.4, -0.2) is 68.9 Å². The van der Waals surface area contributed by atoms with Crippen molar-refractivity contribution in [1.29, 1.82) is 0 Å². The number of ether oxygens (including phenoxy) is 1. The number of rotatable bonds is 11. The minimum absolute atomic E-state index is 0.0685. The summed E-state index contributed by atoms with van der Waals surface area (Å²) in [6.07, 6.45) is -0.378. The predicted molar refractivity (Wildman–Crippen MR) is 133 cm³/mol. The molecule has 0 aliphatic carbocycles. The zero-order valence-electron chi connectivity index (χ0n) is 20.8. The Bertz CT molecular complexity index is 1180. The molecule has 3 rings (SSSR count). The van der Waals surface area contributed by atoms with Gasteiger partial charge < -0.3 is 29.9 Å². The summed E-state index contributed by atoms with van der Waals surface area (Å²) in [6.45, 7) is 6.46. The van der Waals surface area contributed by atoms with Gasteiger partial charge in [-0.2, -0.15) is 15.0 Å². The SMILES string of the molecule is Cc1cc(Nc2nc(NCC(C)C)nc(N[C@@H](Cc3ccc(OC(=O)N(C)C)cc3)C(=O)O)n2)on1.